The van der Waals surface area contributed by atoms with Gasteiger partial charge >= 0.3 is 0 Å². The number of hydrogen-bond acceptors (Lipinski definition) is 4. The predicted molar refractivity (Wildman–Crippen MR) is 114 cm³/mol. The number of benzene rings is 2. The summed E-state index contributed by atoms with van der Waals surface area (Å²) >= 11 is 0. The van der Waals surface area contributed by atoms with E-state index in [0.29, 0.717) is 11.1 Å². The average Bonchev–Trinajstić information content (AvgIpc) is 3.17. The molecule has 1 unspecified atom stereocenters. The summed E-state index contributed by atoms with van der Waals surface area (Å²) in [4.78, 5) is 2.36. The summed E-state index contributed by atoms with van der Waals surface area (Å²) in [5.41, 5.74) is 2.24. The van der Waals surface area contributed by atoms with Gasteiger partial charge in [-0.3, -0.25) is 4.90 Å². The monoisotopic (exact) mass is 413 g/mol. The van der Waals surface area contributed by atoms with E-state index in [1.807, 2.05) is 24.3 Å². The second-order valence-corrected chi connectivity index (χ2v) is 9.17. The van der Waals surface area contributed by atoms with Crippen LogP contribution in [0.3, 0.4) is 0 Å². The predicted octanol–water partition coefficient (Wildman–Crippen LogP) is 3.29. The second-order valence-electron chi connectivity index (χ2n) is 7.24. The van der Waals surface area contributed by atoms with Crippen LogP contribution in [0.15, 0.2) is 67.4 Å². The highest BCUT2D eigenvalue weighted by atomic mass is 32.2. The van der Waals surface area contributed by atoms with Gasteiger partial charge in [-0.1, -0.05) is 30.3 Å². The number of piperazine rings is 1. The Bertz CT molecular complexity index is 1120. The summed E-state index contributed by atoms with van der Waals surface area (Å²) in [6.07, 6.45) is 2.99. The van der Waals surface area contributed by atoms with E-state index in [0.717, 1.165) is 43.7 Å². The Morgan fingerprint density at radius 1 is 1.10 bits per heavy atom. The molecule has 1 aliphatic heterocycles. The van der Waals surface area contributed by atoms with Crippen molar-refractivity contribution in [1.29, 1.82) is 0 Å². The zero-order chi connectivity index (χ0) is 20.4. The molecule has 2 heterocycles. The number of hydrogen-bond donors (Lipinski definition) is 1. The third-order valence-corrected chi connectivity index (χ3v) is 7.37. The molecule has 3 aromatic rings. The lowest BCUT2D eigenvalue weighted by atomic mass is 10.1. The molecule has 4 rings (SSSR count). The molecule has 0 spiro atoms. The van der Waals surface area contributed by atoms with Crippen molar-refractivity contribution in [1.82, 2.24) is 14.2 Å². The minimum Gasteiger partial charge on any atom is -0.314 e. The summed E-state index contributed by atoms with van der Waals surface area (Å²) in [6.45, 7) is 8.36. The van der Waals surface area contributed by atoms with Gasteiger partial charge in [0.25, 0.3) is 0 Å². The van der Waals surface area contributed by atoms with E-state index in [1.54, 1.807) is 6.20 Å². The summed E-state index contributed by atoms with van der Waals surface area (Å²) in [7, 11) is -3.80. The summed E-state index contributed by atoms with van der Waals surface area (Å²) in [6, 6.07) is 13.1. The molecule has 1 saturated heterocycles. The van der Waals surface area contributed by atoms with Crippen LogP contribution < -0.4 is 5.32 Å². The molecule has 1 fully saturated rings. The van der Waals surface area contributed by atoms with E-state index in [2.05, 4.69) is 16.8 Å². The van der Waals surface area contributed by atoms with Crippen LogP contribution >= 0.6 is 0 Å². The third-order valence-electron chi connectivity index (χ3n) is 5.40. The molecule has 2 aromatic carbocycles. The lowest BCUT2D eigenvalue weighted by Gasteiger charge is -2.27. The Labute approximate surface area is 170 Å². The number of aromatic nitrogens is 1. The maximum Gasteiger partial charge on any atom is 0.249 e. The molecule has 0 bridgehead atoms. The fourth-order valence-corrected chi connectivity index (χ4v) is 5.53. The van der Waals surface area contributed by atoms with Crippen molar-refractivity contribution < 1.29 is 12.8 Å². The number of nitrogens with zero attached hydrogens (tertiary/aromatic N) is 2. The molecule has 29 heavy (non-hydrogen) atoms. The maximum atomic E-state index is 13.4. The Hall–Kier alpha value is -2.48. The first-order chi connectivity index (χ1) is 14.0. The van der Waals surface area contributed by atoms with Crippen LogP contribution in [0, 0.1) is 5.82 Å². The van der Waals surface area contributed by atoms with E-state index in [9.17, 15) is 12.8 Å². The van der Waals surface area contributed by atoms with Gasteiger partial charge in [-0.05, 0) is 35.4 Å². The summed E-state index contributed by atoms with van der Waals surface area (Å²) < 4.78 is 41.4. The third kappa shape index (κ3) is 3.85. The first kappa shape index (κ1) is 19.8. The molecule has 0 saturated carbocycles. The molecule has 1 aliphatic rings. The second kappa shape index (κ2) is 8.10. The Kier molecular flexibility index (Phi) is 5.54. The molecular formula is C22H24FN3O2S. The Morgan fingerprint density at radius 2 is 1.83 bits per heavy atom. The van der Waals surface area contributed by atoms with Gasteiger partial charge in [0.2, 0.25) is 10.0 Å². The minimum atomic E-state index is -3.80. The van der Waals surface area contributed by atoms with Crippen molar-refractivity contribution in [3.05, 3.63) is 84.3 Å². The molecule has 152 valence electrons. The Morgan fingerprint density at radius 3 is 2.52 bits per heavy atom. The first-order valence-electron chi connectivity index (χ1n) is 9.65. The molecular weight excluding hydrogens is 389 g/mol. The van der Waals surface area contributed by atoms with Crippen LogP contribution in [-0.4, -0.2) is 43.5 Å². The zero-order valence-corrected chi connectivity index (χ0v) is 16.9. The number of halogens is 1. The molecule has 7 heteroatoms. The fraction of sp³-hybridized carbons (Fsp3) is 0.273. The van der Waals surface area contributed by atoms with Crippen molar-refractivity contribution >= 4 is 20.9 Å². The zero-order valence-electron chi connectivity index (χ0n) is 16.1. The van der Waals surface area contributed by atoms with Gasteiger partial charge in [-0.25, -0.2) is 16.8 Å². The van der Waals surface area contributed by atoms with E-state index in [1.165, 1.54) is 34.3 Å². The SMILES string of the molecule is C=CC(c1ccc(F)cc1)S(=O)(=O)n1ccc2c(CN3CCNCC3)cccc21. The molecule has 1 N–H and O–H groups in total. The van der Waals surface area contributed by atoms with E-state index < -0.39 is 21.1 Å². The van der Waals surface area contributed by atoms with Crippen molar-refractivity contribution in [3.8, 4) is 0 Å². The van der Waals surface area contributed by atoms with E-state index in [4.69, 9.17) is 0 Å². The van der Waals surface area contributed by atoms with Gasteiger partial charge in [-0.15, -0.1) is 6.58 Å². The van der Waals surface area contributed by atoms with Crippen LogP contribution in [0.5, 0.6) is 0 Å². The minimum absolute atomic E-state index is 0.405. The molecule has 5 nitrogen and oxygen atoms in total. The van der Waals surface area contributed by atoms with Gasteiger partial charge in [-0.2, -0.15) is 0 Å². The largest absolute Gasteiger partial charge is 0.314 e. The fourth-order valence-electron chi connectivity index (χ4n) is 3.88. The van der Waals surface area contributed by atoms with E-state index >= 15 is 0 Å². The van der Waals surface area contributed by atoms with Gasteiger partial charge < -0.3 is 5.32 Å². The van der Waals surface area contributed by atoms with Crippen LogP contribution in [0.2, 0.25) is 0 Å². The van der Waals surface area contributed by atoms with Crippen LogP contribution in [0.25, 0.3) is 10.9 Å². The van der Waals surface area contributed by atoms with Crippen molar-refractivity contribution in [3.63, 3.8) is 0 Å². The molecule has 0 radical (unpaired) electrons. The molecule has 1 aromatic heterocycles. The number of rotatable bonds is 6. The van der Waals surface area contributed by atoms with E-state index in [-0.39, 0.29) is 0 Å². The Balaban J connectivity index is 1.72. The van der Waals surface area contributed by atoms with Crippen LogP contribution in [0.4, 0.5) is 4.39 Å². The molecule has 1 atom stereocenters. The van der Waals surface area contributed by atoms with Gasteiger partial charge in [0.1, 0.15) is 11.1 Å². The van der Waals surface area contributed by atoms with Gasteiger partial charge in [0, 0.05) is 44.3 Å². The number of nitrogens with one attached hydrogen (secondary N) is 1. The van der Waals surface area contributed by atoms with Crippen molar-refractivity contribution in [2.45, 2.75) is 11.8 Å². The highest BCUT2D eigenvalue weighted by Crippen LogP contribution is 2.30. The molecule has 0 aliphatic carbocycles. The van der Waals surface area contributed by atoms with Crippen molar-refractivity contribution in [2.75, 3.05) is 26.2 Å². The lowest BCUT2D eigenvalue weighted by Crippen LogP contribution is -2.42. The molecule has 0 amide bonds. The highest BCUT2D eigenvalue weighted by Gasteiger charge is 2.28. The van der Waals surface area contributed by atoms with Crippen LogP contribution in [-0.2, 0) is 16.6 Å². The standard InChI is InChI=1S/C22H24FN3O2S/c1-2-22(17-6-8-19(23)9-7-17)29(27,28)26-13-10-20-18(4-3-5-21(20)26)16-25-14-11-24-12-15-25/h2-10,13,22,24H,1,11-12,14-16H2. The summed E-state index contributed by atoms with van der Waals surface area (Å²) in [5, 5.41) is 3.31. The lowest BCUT2D eigenvalue weighted by molar-refractivity contribution is 0.234. The topological polar surface area (TPSA) is 54.3 Å². The smallest absolute Gasteiger partial charge is 0.249 e. The summed E-state index contributed by atoms with van der Waals surface area (Å²) in [5.74, 6) is -0.405. The van der Waals surface area contributed by atoms with Crippen LogP contribution in [0.1, 0.15) is 16.4 Å². The van der Waals surface area contributed by atoms with Gasteiger partial charge in [0.15, 0.2) is 0 Å². The highest BCUT2D eigenvalue weighted by molar-refractivity contribution is 7.90. The quantitative estimate of drug-likeness (QED) is 0.630. The van der Waals surface area contributed by atoms with Gasteiger partial charge in [0.05, 0.1) is 5.52 Å². The average molecular weight is 414 g/mol. The first-order valence-corrected chi connectivity index (χ1v) is 11.2. The maximum absolute atomic E-state index is 13.4. The van der Waals surface area contributed by atoms with Crippen molar-refractivity contribution in [2.24, 2.45) is 0 Å². The normalized spacial score (nSPS) is 16.7. The number of fused-ring (bicyclic) bond motifs is 1.